The number of aliphatic hydroxyl groups excluding tert-OH is 1. The van der Waals surface area contributed by atoms with E-state index in [1.165, 1.54) is 23.1 Å². The van der Waals surface area contributed by atoms with Crippen LogP contribution >= 0.6 is 15.9 Å². The van der Waals surface area contributed by atoms with E-state index in [4.69, 9.17) is 9.84 Å². The minimum absolute atomic E-state index is 0.150. The largest absolute Gasteiger partial charge is 0.394 e. The molecule has 1 heterocycles. The zero-order chi connectivity index (χ0) is 14.7. The Kier molecular flexibility index (Phi) is 4.69. The Bertz CT molecular complexity index is 537. The summed E-state index contributed by atoms with van der Waals surface area (Å²) in [6, 6.07) is 4.26. The number of carbonyl (C=O) groups excluding carboxylic acids is 1. The quantitative estimate of drug-likeness (QED) is 0.656. The summed E-state index contributed by atoms with van der Waals surface area (Å²) in [5.74, 6) is -0.303. The molecule has 20 heavy (non-hydrogen) atoms. The SMILES string of the molecule is O=C(c1ccc(Br)c([N+](=O)[O-])c1)N1CCOC(CO)C1. The van der Waals surface area contributed by atoms with Crippen molar-refractivity contribution >= 4 is 27.5 Å². The van der Waals surface area contributed by atoms with Crippen molar-refractivity contribution in [1.29, 1.82) is 0 Å². The molecule has 0 aromatic heterocycles. The molecule has 108 valence electrons. The van der Waals surface area contributed by atoms with E-state index in [1.807, 2.05) is 0 Å². The van der Waals surface area contributed by atoms with Crippen LogP contribution in [0.5, 0.6) is 0 Å². The highest BCUT2D eigenvalue weighted by Crippen LogP contribution is 2.26. The van der Waals surface area contributed by atoms with Crippen LogP contribution in [0.15, 0.2) is 22.7 Å². The lowest BCUT2D eigenvalue weighted by atomic mass is 10.1. The van der Waals surface area contributed by atoms with E-state index >= 15 is 0 Å². The van der Waals surface area contributed by atoms with Crippen LogP contribution in [-0.2, 0) is 4.74 Å². The number of morpholine rings is 1. The first-order chi connectivity index (χ1) is 9.52. The molecular weight excluding hydrogens is 332 g/mol. The second-order valence-corrected chi connectivity index (χ2v) is 5.20. The number of benzene rings is 1. The smallest absolute Gasteiger partial charge is 0.284 e. The van der Waals surface area contributed by atoms with Crippen LogP contribution in [0.4, 0.5) is 5.69 Å². The Balaban J connectivity index is 2.20. The molecule has 1 aromatic rings. The average Bonchev–Trinajstić information content (AvgIpc) is 2.46. The molecule has 1 saturated heterocycles. The van der Waals surface area contributed by atoms with Crippen molar-refractivity contribution in [2.45, 2.75) is 6.10 Å². The molecule has 8 heteroatoms. The highest BCUT2D eigenvalue weighted by molar-refractivity contribution is 9.10. The molecule has 1 fully saturated rings. The minimum Gasteiger partial charge on any atom is -0.394 e. The monoisotopic (exact) mass is 344 g/mol. The van der Waals surface area contributed by atoms with Crippen LogP contribution < -0.4 is 0 Å². The lowest BCUT2D eigenvalue weighted by molar-refractivity contribution is -0.385. The van der Waals surface area contributed by atoms with Crippen LogP contribution in [-0.4, -0.2) is 53.2 Å². The third-order valence-corrected chi connectivity index (χ3v) is 3.69. The molecule has 1 aliphatic rings. The van der Waals surface area contributed by atoms with Gasteiger partial charge in [0, 0.05) is 24.7 Å². The van der Waals surface area contributed by atoms with Crippen molar-refractivity contribution < 1.29 is 19.6 Å². The summed E-state index contributed by atoms with van der Waals surface area (Å²) in [7, 11) is 0. The Morgan fingerprint density at radius 1 is 1.60 bits per heavy atom. The van der Waals surface area contributed by atoms with Crippen LogP contribution in [0, 0.1) is 10.1 Å². The standard InChI is InChI=1S/C12H13BrN2O5/c13-10-2-1-8(5-11(10)15(18)19)12(17)14-3-4-20-9(6-14)7-16/h1-2,5,9,16H,3-4,6-7H2. The van der Waals surface area contributed by atoms with E-state index in [0.29, 0.717) is 17.6 Å². The lowest BCUT2D eigenvalue weighted by Gasteiger charge is -2.32. The Labute approximate surface area is 123 Å². The van der Waals surface area contributed by atoms with E-state index in [2.05, 4.69) is 15.9 Å². The summed E-state index contributed by atoms with van der Waals surface area (Å²) in [4.78, 5) is 24.1. The number of hydrogen-bond acceptors (Lipinski definition) is 5. The molecule has 7 nitrogen and oxygen atoms in total. The van der Waals surface area contributed by atoms with Gasteiger partial charge in [-0.15, -0.1) is 0 Å². The van der Waals surface area contributed by atoms with E-state index in [-0.39, 0.29) is 30.3 Å². The van der Waals surface area contributed by atoms with Crippen LogP contribution in [0.1, 0.15) is 10.4 Å². The van der Waals surface area contributed by atoms with Gasteiger partial charge in [-0.25, -0.2) is 0 Å². The molecular formula is C12H13BrN2O5. The maximum atomic E-state index is 12.3. The fourth-order valence-corrected chi connectivity index (χ4v) is 2.37. The molecule has 0 spiro atoms. The number of halogens is 1. The second-order valence-electron chi connectivity index (χ2n) is 4.35. The van der Waals surface area contributed by atoms with Gasteiger partial charge in [-0.05, 0) is 28.1 Å². The van der Waals surface area contributed by atoms with E-state index in [0.717, 1.165) is 0 Å². The Morgan fingerprint density at radius 2 is 2.35 bits per heavy atom. The van der Waals surface area contributed by atoms with Crippen LogP contribution in [0.25, 0.3) is 0 Å². The van der Waals surface area contributed by atoms with Gasteiger partial charge in [0.15, 0.2) is 0 Å². The molecule has 1 N–H and O–H groups in total. The molecule has 0 aliphatic carbocycles. The zero-order valence-electron chi connectivity index (χ0n) is 10.5. The second kappa shape index (κ2) is 6.29. The summed E-state index contributed by atoms with van der Waals surface area (Å²) in [6.45, 7) is 0.859. The molecule has 1 amide bonds. The maximum absolute atomic E-state index is 12.3. The van der Waals surface area contributed by atoms with Crippen LogP contribution in [0.3, 0.4) is 0 Å². The highest BCUT2D eigenvalue weighted by atomic mass is 79.9. The van der Waals surface area contributed by atoms with Gasteiger partial charge in [0.05, 0.1) is 28.7 Å². The Hall–Kier alpha value is -1.51. The molecule has 1 aromatic carbocycles. The van der Waals surface area contributed by atoms with Gasteiger partial charge in [0.25, 0.3) is 11.6 Å². The molecule has 1 atom stereocenters. The third-order valence-electron chi connectivity index (χ3n) is 3.02. The molecule has 0 radical (unpaired) electrons. The number of aliphatic hydroxyl groups is 1. The highest BCUT2D eigenvalue weighted by Gasteiger charge is 2.26. The van der Waals surface area contributed by atoms with Gasteiger partial charge in [0.1, 0.15) is 0 Å². The number of ether oxygens (including phenoxy) is 1. The number of carbonyl (C=O) groups is 1. The summed E-state index contributed by atoms with van der Waals surface area (Å²) in [5.41, 5.74) is 0.0984. The van der Waals surface area contributed by atoms with E-state index < -0.39 is 11.0 Å². The molecule has 1 aliphatic heterocycles. The topological polar surface area (TPSA) is 92.9 Å². The van der Waals surface area contributed by atoms with Crippen molar-refractivity contribution in [3.8, 4) is 0 Å². The van der Waals surface area contributed by atoms with Gasteiger partial charge in [-0.2, -0.15) is 0 Å². The van der Waals surface area contributed by atoms with Crippen molar-refractivity contribution in [2.75, 3.05) is 26.3 Å². The first kappa shape index (κ1) is 14.9. The van der Waals surface area contributed by atoms with E-state index in [9.17, 15) is 14.9 Å². The van der Waals surface area contributed by atoms with E-state index in [1.54, 1.807) is 0 Å². The summed E-state index contributed by atoms with van der Waals surface area (Å²) < 4.78 is 5.59. The summed E-state index contributed by atoms with van der Waals surface area (Å²) >= 11 is 3.08. The average molecular weight is 345 g/mol. The first-order valence-electron chi connectivity index (χ1n) is 5.98. The van der Waals surface area contributed by atoms with Gasteiger partial charge in [-0.1, -0.05) is 0 Å². The molecule has 0 bridgehead atoms. The lowest BCUT2D eigenvalue weighted by Crippen LogP contribution is -2.46. The predicted molar refractivity (Wildman–Crippen MR) is 73.5 cm³/mol. The third kappa shape index (κ3) is 3.14. The van der Waals surface area contributed by atoms with Crippen molar-refractivity contribution in [3.05, 3.63) is 38.3 Å². The van der Waals surface area contributed by atoms with Crippen molar-refractivity contribution in [1.82, 2.24) is 4.90 Å². The normalized spacial score (nSPS) is 18.9. The number of nitro benzene ring substituents is 1. The van der Waals surface area contributed by atoms with Gasteiger partial charge >= 0.3 is 0 Å². The summed E-state index contributed by atoms with van der Waals surface area (Å²) in [5, 5.41) is 19.9. The molecule has 2 rings (SSSR count). The van der Waals surface area contributed by atoms with Crippen molar-refractivity contribution in [2.24, 2.45) is 0 Å². The van der Waals surface area contributed by atoms with Crippen LogP contribution in [0.2, 0.25) is 0 Å². The summed E-state index contributed by atoms with van der Waals surface area (Å²) in [6.07, 6.45) is -0.405. The van der Waals surface area contributed by atoms with Crippen molar-refractivity contribution in [3.63, 3.8) is 0 Å². The number of nitrogens with zero attached hydrogens (tertiary/aromatic N) is 2. The number of amides is 1. The van der Waals surface area contributed by atoms with Gasteiger partial charge in [0.2, 0.25) is 0 Å². The fraction of sp³-hybridized carbons (Fsp3) is 0.417. The first-order valence-corrected chi connectivity index (χ1v) is 6.78. The minimum atomic E-state index is -0.545. The maximum Gasteiger partial charge on any atom is 0.284 e. The molecule has 0 saturated carbocycles. The van der Waals surface area contributed by atoms with Gasteiger partial charge in [-0.3, -0.25) is 14.9 Å². The van der Waals surface area contributed by atoms with Gasteiger partial charge < -0.3 is 14.7 Å². The number of nitro groups is 1. The molecule has 1 unspecified atom stereocenters. The zero-order valence-corrected chi connectivity index (χ0v) is 12.1. The Morgan fingerprint density at radius 3 is 3.00 bits per heavy atom. The fourth-order valence-electron chi connectivity index (χ4n) is 1.98. The predicted octanol–water partition coefficient (Wildman–Crippen LogP) is 1.19. The number of hydrogen-bond donors (Lipinski definition) is 1. The number of rotatable bonds is 3.